The Hall–Kier alpha value is -1.96. The predicted octanol–water partition coefficient (Wildman–Crippen LogP) is 3.84. The third-order valence-corrected chi connectivity index (χ3v) is 6.26. The van der Waals surface area contributed by atoms with E-state index in [4.69, 9.17) is 22.9 Å². The van der Waals surface area contributed by atoms with Gasteiger partial charge in [0.25, 0.3) is 0 Å². The highest BCUT2D eigenvalue weighted by atomic mass is 31.2. The van der Waals surface area contributed by atoms with Gasteiger partial charge in [-0.25, -0.2) is 4.79 Å². The van der Waals surface area contributed by atoms with Crippen molar-refractivity contribution in [1.29, 1.82) is 0 Å². The van der Waals surface area contributed by atoms with Crippen molar-refractivity contribution in [2.24, 2.45) is 5.92 Å². The molecule has 0 amide bonds. The molecule has 1 atom stereocenters. The van der Waals surface area contributed by atoms with E-state index < -0.39 is 31.2 Å². The number of ether oxygens (including phenoxy) is 2. The van der Waals surface area contributed by atoms with Gasteiger partial charge in [0, 0.05) is 11.1 Å². The fourth-order valence-corrected chi connectivity index (χ4v) is 4.81. The molecule has 9 nitrogen and oxygen atoms in total. The molecule has 1 rings (SSSR count). The number of ketones is 1. The van der Waals surface area contributed by atoms with Crippen LogP contribution in [0.2, 0.25) is 0 Å². The molecule has 0 radical (unpaired) electrons. The summed E-state index contributed by atoms with van der Waals surface area (Å²) in [5.74, 6) is -2.85. The summed E-state index contributed by atoms with van der Waals surface area (Å²) in [5.41, 5.74) is 0.651. The standard InChI is InChI=1S/C20H31O9P/c1-7-25-19(22)15(13(5)21)11-16-17(12-30(24,27-9-3)28-10-4)14(6)29-18(16)20(23)26-8-2/h15H,7-12H2,1-6H3. The van der Waals surface area contributed by atoms with Crippen LogP contribution in [0.3, 0.4) is 0 Å². The second kappa shape index (κ2) is 12.0. The van der Waals surface area contributed by atoms with Gasteiger partial charge in [-0.2, -0.15) is 0 Å². The van der Waals surface area contributed by atoms with Crippen LogP contribution in [0.1, 0.15) is 62.1 Å². The van der Waals surface area contributed by atoms with Gasteiger partial charge < -0.3 is 22.9 Å². The summed E-state index contributed by atoms with van der Waals surface area (Å²) in [6, 6.07) is 0. The number of carbonyl (C=O) groups is 3. The Bertz CT molecular complexity index is 786. The molecule has 30 heavy (non-hydrogen) atoms. The highest BCUT2D eigenvalue weighted by molar-refractivity contribution is 7.53. The number of hydrogen-bond acceptors (Lipinski definition) is 9. The molecule has 10 heteroatoms. The van der Waals surface area contributed by atoms with Crippen LogP contribution in [0, 0.1) is 12.8 Å². The van der Waals surface area contributed by atoms with E-state index >= 15 is 0 Å². The minimum Gasteiger partial charge on any atom is -0.465 e. The van der Waals surface area contributed by atoms with Gasteiger partial charge in [-0.3, -0.25) is 14.2 Å². The lowest BCUT2D eigenvalue weighted by molar-refractivity contribution is -0.151. The van der Waals surface area contributed by atoms with Crippen molar-refractivity contribution in [3.8, 4) is 0 Å². The van der Waals surface area contributed by atoms with Crippen LogP contribution in [0.25, 0.3) is 0 Å². The van der Waals surface area contributed by atoms with Gasteiger partial charge >= 0.3 is 19.5 Å². The maximum Gasteiger partial charge on any atom is 0.374 e. The normalized spacial score (nSPS) is 12.5. The Morgan fingerprint density at radius 2 is 1.50 bits per heavy atom. The lowest BCUT2D eigenvalue weighted by Gasteiger charge is -2.18. The maximum absolute atomic E-state index is 13.1. The minimum absolute atomic E-state index is 0.106. The van der Waals surface area contributed by atoms with E-state index in [1.165, 1.54) is 6.92 Å². The van der Waals surface area contributed by atoms with Crippen LogP contribution in [0.5, 0.6) is 0 Å². The van der Waals surface area contributed by atoms with E-state index in [-0.39, 0.29) is 50.3 Å². The van der Waals surface area contributed by atoms with E-state index in [1.807, 2.05) is 0 Å². The number of rotatable bonds is 13. The Morgan fingerprint density at radius 1 is 0.933 bits per heavy atom. The van der Waals surface area contributed by atoms with Gasteiger partial charge in [0.15, 0.2) is 0 Å². The number of Topliss-reactive ketones (excluding diaryl/α,β-unsaturated/α-hetero) is 1. The zero-order valence-electron chi connectivity index (χ0n) is 18.4. The second-order valence-corrected chi connectivity index (χ2v) is 8.44. The molecule has 0 saturated carbocycles. The van der Waals surface area contributed by atoms with Crippen molar-refractivity contribution in [2.45, 2.75) is 54.1 Å². The lowest BCUT2D eigenvalue weighted by Crippen LogP contribution is -2.27. The summed E-state index contributed by atoms with van der Waals surface area (Å²) in [7, 11) is -3.54. The van der Waals surface area contributed by atoms with E-state index in [1.54, 1.807) is 34.6 Å². The molecule has 1 aromatic heterocycles. The molecule has 1 aromatic rings. The molecule has 1 unspecified atom stereocenters. The molecule has 0 spiro atoms. The first-order valence-corrected chi connectivity index (χ1v) is 11.7. The first kappa shape index (κ1) is 26.1. The van der Waals surface area contributed by atoms with Crippen molar-refractivity contribution >= 4 is 25.3 Å². The summed E-state index contributed by atoms with van der Waals surface area (Å²) < 4.78 is 39.5. The molecular formula is C20H31O9P. The van der Waals surface area contributed by atoms with Crippen molar-refractivity contribution in [1.82, 2.24) is 0 Å². The van der Waals surface area contributed by atoms with Gasteiger partial charge in [-0.05, 0) is 48.0 Å². The highest BCUT2D eigenvalue weighted by Gasteiger charge is 2.35. The lowest BCUT2D eigenvalue weighted by atomic mass is 9.93. The zero-order valence-corrected chi connectivity index (χ0v) is 19.3. The highest BCUT2D eigenvalue weighted by Crippen LogP contribution is 2.52. The molecule has 0 fully saturated rings. The average Bonchev–Trinajstić information content (AvgIpc) is 2.95. The summed E-state index contributed by atoms with van der Waals surface area (Å²) in [6.45, 7) is 10.0. The number of esters is 2. The summed E-state index contributed by atoms with van der Waals surface area (Å²) in [4.78, 5) is 36.9. The van der Waals surface area contributed by atoms with Crippen LogP contribution in [-0.4, -0.2) is 44.1 Å². The molecular weight excluding hydrogens is 415 g/mol. The number of furan rings is 1. The third-order valence-electron chi connectivity index (χ3n) is 4.25. The zero-order chi connectivity index (χ0) is 22.9. The summed E-state index contributed by atoms with van der Waals surface area (Å²) >= 11 is 0. The molecule has 0 aliphatic heterocycles. The van der Waals surface area contributed by atoms with Crippen molar-refractivity contribution < 1.29 is 41.9 Å². The second-order valence-electron chi connectivity index (χ2n) is 6.39. The topological polar surface area (TPSA) is 118 Å². The average molecular weight is 446 g/mol. The smallest absolute Gasteiger partial charge is 0.374 e. The fourth-order valence-electron chi connectivity index (χ4n) is 2.97. The van der Waals surface area contributed by atoms with Crippen LogP contribution in [0.15, 0.2) is 4.42 Å². The van der Waals surface area contributed by atoms with E-state index in [9.17, 15) is 18.9 Å². The molecule has 0 aliphatic carbocycles. The molecule has 0 aliphatic rings. The van der Waals surface area contributed by atoms with Gasteiger partial charge in [-0.15, -0.1) is 0 Å². The minimum atomic E-state index is -3.54. The van der Waals surface area contributed by atoms with Crippen molar-refractivity contribution in [3.63, 3.8) is 0 Å². The molecule has 0 N–H and O–H groups in total. The van der Waals surface area contributed by atoms with Gasteiger partial charge in [-0.1, -0.05) is 0 Å². The Morgan fingerprint density at radius 3 is 1.97 bits per heavy atom. The number of hydrogen-bond donors (Lipinski definition) is 0. The monoisotopic (exact) mass is 446 g/mol. The van der Waals surface area contributed by atoms with Crippen molar-refractivity contribution in [3.05, 3.63) is 22.6 Å². The Kier molecular flexibility index (Phi) is 10.5. The van der Waals surface area contributed by atoms with E-state index in [0.717, 1.165) is 0 Å². The van der Waals surface area contributed by atoms with Gasteiger partial charge in [0.05, 0.1) is 32.6 Å². The van der Waals surface area contributed by atoms with Crippen molar-refractivity contribution in [2.75, 3.05) is 26.4 Å². The first-order chi connectivity index (χ1) is 14.1. The summed E-state index contributed by atoms with van der Waals surface area (Å²) in [5, 5.41) is 0. The Balaban J connectivity index is 3.50. The predicted molar refractivity (Wildman–Crippen MR) is 108 cm³/mol. The van der Waals surface area contributed by atoms with Crippen LogP contribution in [0.4, 0.5) is 0 Å². The quantitative estimate of drug-likeness (QED) is 0.253. The third kappa shape index (κ3) is 6.79. The molecule has 170 valence electrons. The molecule has 0 aromatic carbocycles. The van der Waals surface area contributed by atoms with Gasteiger partial charge in [0.1, 0.15) is 17.5 Å². The van der Waals surface area contributed by atoms with E-state index in [0.29, 0.717) is 11.3 Å². The Labute approximate surface area is 176 Å². The number of carbonyl (C=O) groups excluding carboxylic acids is 3. The largest absolute Gasteiger partial charge is 0.465 e. The van der Waals surface area contributed by atoms with E-state index in [2.05, 4.69) is 0 Å². The summed E-state index contributed by atoms with van der Waals surface area (Å²) in [6.07, 6.45) is -0.334. The SMILES string of the molecule is CCOC(=O)c1oc(C)c(CP(=O)(OCC)OCC)c1CC(C(C)=O)C(=O)OCC. The molecule has 0 saturated heterocycles. The first-order valence-electron chi connectivity index (χ1n) is 9.97. The molecule has 0 bridgehead atoms. The molecule has 1 heterocycles. The number of aryl methyl sites for hydroxylation is 1. The van der Waals surface area contributed by atoms with Crippen LogP contribution < -0.4 is 0 Å². The maximum atomic E-state index is 13.1. The van der Waals surface area contributed by atoms with Crippen LogP contribution in [-0.2, 0) is 45.3 Å². The fraction of sp³-hybridized carbons (Fsp3) is 0.650. The van der Waals surface area contributed by atoms with Crippen LogP contribution >= 0.6 is 7.60 Å². The van der Waals surface area contributed by atoms with Gasteiger partial charge in [0.2, 0.25) is 5.76 Å².